The number of hydrogen-bond donors (Lipinski definition) is 1. The minimum absolute atomic E-state index is 0.0883. The van der Waals surface area contributed by atoms with Crippen LogP contribution in [-0.2, 0) is 16.0 Å². The Bertz CT molecular complexity index is 898. The maximum absolute atomic E-state index is 12.6. The molecule has 2 aliphatic rings. The predicted octanol–water partition coefficient (Wildman–Crippen LogP) is 2.50. The number of amides is 2. The molecule has 0 radical (unpaired) electrons. The summed E-state index contributed by atoms with van der Waals surface area (Å²) in [6, 6.07) is 5.40. The Kier molecular flexibility index (Phi) is 5.17. The largest absolute Gasteiger partial charge is 0.486 e. The molecule has 0 spiro atoms. The number of anilines is 2. The van der Waals surface area contributed by atoms with E-state index in [1.807, 2.05) is 6.07 Å². The highest BCUT2D eigenvalue weighted by Crippen LogP contribution is 2.36. The monoisotopic (exact) mass is 402 g/mol. The lowest BCUT2D eigenvalue weighted by molar-refractivity contribution is -0.122. The SMILES string of the molecule is CC(C)Cc1nnc(NC(=O)[C@H]2CC(=O)N(c3ccc4c(c3)OCCO4)C2)s1. The second kappa shape index (κ2) is 7.75. The number of benzene rings is 1. The number of rotatable bonds is 5. The van der Waals surface area contributed by atoms with Gasteiger partial charge in [-0.05, 0) is 18.1 Å². The second-order valence-corrected chi connectivity index (χ2v) is 8.38. The van der Waals surface area contributed by atoms with Crippen molar-refractivity contribution in [1.82, 2.24) is 10.2 Å². The van der Waals surface area contributed by atoms with Gasteiger partial charge < -0.3 is 19.7 Å². The fourth-order valence-corrected chi connectivity index (χ4v) is 4.23. The molecule has 0 aliphatic carbocycles. The Balaban J connectivity index is 1.41. The molecule has 3 heterocycles. The molecular formula is C19H22N4O4S. The van der Waals surface area contributed by atoms with E-state index in [-0.39, 0.29) is 18.2 Å². The van der Waals surface area contributed by atoms with E-state index in [1.165, 1.54) is 11.3 Å². The van der Waals surface area contributed by atoms with Gasteiger partial charge in [-0.1, -0.05) is 25.2 Å². The molecule has 8 nitrogen and oxygen atoms in total. The van der Waals surface area contributed by atoms with Gasteiger partial charge in [0, 0.05) is 31.1 Å². The van der Waals surface area contributed by atoms with Crippen LogP contribution >= 0.6 is 11.3 Å². The van der Waals surface area contributed by atoms with E-state index >= 15 is 0 Å². The average Bonchev–Trinajstić information content (AvgIpc) is 3.27. The molecule has 1 aromatic carbocycles. The van der Waals surface area contributed by atoms with Crippen LogP contribution < -0.4 is 19.7 Å². The normalized spacial score (nSPS) is 18.6. The van der Waals surface area contributed by atoms with Gasteiger partial charge in [0.2, 0.25) is 16.9 Å². The van der Waals surface area contributed by atoms with E-state index in [0.29, 0.717) is 48.0 Å². The molecule has 0 unspecified atom stereocenters. The number of nitrogens with one attached hydrogen (secondary N) is 1. The zero-order valence-electron chi connectivity index (χ0n) is 15.8. The molecular weight excluding hydrogens is 380 g/mol. The first-order valence-corrected chi connectivity index (χ1v) is 10.1. The summed E-state index contributed by atoms with van der Waals surface area (Å²) < 4.78 is 11.1. The van der Waals surface area contributed by atoms with Crippen molar-refractivity contribution in [2.24, 2.45) is 11.8 Å². The van der Waals surface area contributed by atoms with Crippen molar-refractivity contribution in [3.05, 3.63) is 23.2 Å². The molecule has 2 amide bonds. The molecule has 4 rings (SSSR count). The first kappa shape index (κ1) is 18.7. The van der Waals surface area contributed by atoms with Crippen LogP contribution in [0.5, 0.6) is 11.5 Å². The maximum atomic E-state index is 12.6. The molecule has 2 aliphatic heterocycles. The van der Waals surface area contributed by atoms with Crippen molar-refractivity contribution in [2.75, 3.05) is 30.0 Å². The molecule has 0 bridgehead atoms. The molecule has 9 heteroatoms. The summed E-state index contributed by atoms with van der Waals surface area (Å²) in [5.41, 5.74) is 0.708. The third kappa shape index (κ3) is 3.94. The first-order chi connectivity index (χ1) is 13.5. The highest BCUT2D eigenvalue weighted by Gasteiger charge is 2.36. The van der Waals surface area contributed by atoms with Crippen molar-refractivity contribution in [1.29, 1.82) is 0 Å². The molecule has 1 N–H and O–H groups in total. The number of fused-ring (bicyclic) bond motifs is 1. The lowest BCUT2D eigenvalue weighted by atomic mass is 10.1. The van der Waals surface area contributed by atoms with Crippen LogP contribution in [0, 0.1) is 11.8 Å². The third-order valence-corrected chi connectivity index (χ3v) is 5.47. The average molecular weight is 402 g/mol. The molecule has 148 valence electrons. The van der Waals surface area contributed by atoms with Crippen LogP contribution in [0.4, 0.5) is 10.8 Å². The molecule has 1 atom stereocenters. The molecule has 1 saturated heterocycles. The summed E-state index contributed by atoms with van der Waals surface area (Å²) in [7, 11) is 0. The van der Waals surface area contributed by atoms with Gasteiger partial charge in [-0.2, -0.15) is 0 Å². The number of nitrogens with zero attached hydrogens (tertiary/aromatic N) is 3. The minimum Gasteiger partial charge on any atom is -0.486 e. The van der Waals surface area contributed by atoms with E-state index in [1.54, 1.807) is 17.0 Å². The van der Waals surface area contributed by atoms with Crippen molar-refractivity contribution >= 4 is 34.0 Å². The highest BCUT2D eigenvalue weighted by molar-refractivity contribution is 7.15. The van der Waals surface area contributed by atoms with Gasteiger partial charge >= 0.3 is 0 Å². The number of aromatic nitrogens is 2. The van der Waals surface area contributed by atoms with E-state index in [0.717, 1.165) is 11.4 Å². The standard InChI is InChI=1S/C19H22N4O4S/c1-11(2)7-16-21-22-19(28-16)20-18(25)12-8-17(24)23(10-12)13-3-4-14-15(9-13)27-6-5-26-14/h3-4,9,11-12H,5-8,10H2,1-2H3,(H,20,22,25)/t12-/m0/s1. The van der Waals surface area contributed by atoms with E-state index in [2.05, 4.69) is 29.4 Å². The molecule has 0 saturated carbocycles. The Morgan fingerprint density at radius 1 is 1.29 bits per heavy atom. The summed E-state index contributed by atoms with van der Waals surface area (Å²) in [6.45, 7) is 5.53. The Morgan fingerprint density at radius 3 is 2.86 bits per heavy atom. The number of ether oxygens (including phenoxy) is 2. The molecule has 28 heavy (non-hydrogen) atoms. The van der Waals surface area contributed by atoms with E-state index < -0.39 is 5.92 Å². The van der Waals surface area contributed by atoms with Gasteiger partial charge in [0.25, 0.3) is 0 Å². The smallest absolute Gasteiger partial charge is 0.231 e. The van der Waals surface area contributed by atoms with Gasteiger partial charge in [0.05, 0.1) is 5.92 Å². The summed E-state index contributed by atoms with van der Waals surface area (Å²) >= 11 is 1.38. The van der Waals surface area contributed by atoms with Crippen LogP contribution in [0.25, 0.3) is 0 Å². The van der Waals surface area contributed by atoms with Gasteiger partial charge in [-0.3, -0.25) is 9.59 Å². The fraction of sp³-hybridized carbons (Fsp3) is 0.474. The summed E-state index contributed by atoms with van der Waals surface area (Å²) in [5.74, 6) is 1.04. The minimum atomic E-state index is -0.432. The summed E-state index contributed by atoms with van der Waals surface area (Å²) in [6.07, 6.45) is 0.991. The zero-order chi connectivity index (χ0) is 19.7. The van der Waals surface area contributed by atoms with Crippen molar-refractivity contribution in [3.63, 3.8) is 0 Å². The molecule has 1 aromatic heterocycles. The van der Waals surface area contributed by atoms with Crippen LogP contribution in [0.15, 0.2) is 18.2 Å². The molecule has 1 fully saturated rings. The lowest BCUT2D eigenvalue weighted by Crippen LogP contribution is -2.28. The quantitative estimate of drug-likeness (QED) is 0.826. The lowest BCUT2D eigenvalue weighted by Gasteiger charge is -2.22. The zero-order valence-corrected chi connectivity index (χ0v) is 16.6. The van der Waals surface area contributed by atoms with E-state index in [9.17, 15) is 9.59 Å². The number of carbonyl (C=O) groups excluding carboxylic acids is 2. The van der Waals surface area contributed by atoms with Crippen molar-refractivity contribution < 1.29 is 19.1 Å². The number of carbonyl (C=O) groups is 2. The van der Waals surface area contributed by atoms with Gasteiger partial charge in [-0.25, -0.2) is 0 Å². The number of hydrogen-bond acceptors (Lipinski definition) is 7. The summed E-state index contributed by atoms with van der Waals surface area (Å²) in [5, 5.41) is 12.3. The topological polar surface area (TPSA) is 93.7 Å². The predicted molar refractivity (Wildman–Crippen MR) is 105 cm³/mol. The maximum Gasteiger partial charge on any atom is 0.231 e. The first-order valence-electron chi connectivity index (χ1n) is 9.33. The van der Waals surface area contributed by atoms with Gasteiger partial charge in [0.15, 0.2) is 11.5 Å². The summed E-state index contributed by atoms with van der Waals surface area (Å²) in [4.78, 5) is 26.7. The van der Waals surface area contributed by atoms with E-state index in [4.69, 9.17) is 9.47 Å². The Morgan fingerprint density at radius 2 is 2.07 bits per heavy atom. The van der Waals surface area contributed by atoms with Gasteiger partial charge in [-0.15, -0.1) is 10.2 Å². The second-order valence-electron chi connectivity index (χ2n) is 7.32. The van der Waals surface area contributed by atoms with Crippen molar-refractivity contribution in [2.45, 2.75) is 26.7 Å². The Hall–Kier alpha value is -2.68. The van der Waals surface area contributed by atoms with Crippen LogP contribution in [0.2, 0.25) is 0 Å². The Labute approximate surface area is 166 Å². The van der Waals surface area contributed by atoms with Crippen molar-refractivity contribution in [3.8, 4) is 11.5 Å². The fourth-order valence-electron chi connectivity index (χ4n) is 3.28. The third-order valence-electron chi connectivity index (χ3n) is 4.61. The van der Waals surface area contributed by atoms with Gasteiger partial charge in [0.1, 0.15) is 18.2 Å². The highest BCUT2D eigenvalue weighted by atomic mass is 32.1. The van der Waals surface area contributed by atoms with Crippen LogP contribution in [0.1, 0.15) is 25.3 Å². The van der Waals surface area contributed by atoms with Crippen LogP contribution in [0.3, 0.4) is 0 Å². The van der Waals surface area contributed by atoms with Crippen LogP contribution in [-0.4, -0.2) is 41.8 Å². The molecule has 2 aromatic rings.